The van der Waals surface area contributed by atoms with E-state index in [0.29, 0.717) is 5.82 Å². The van der Waals surface area contributed by atoms with E-state index in [1.54, 1.807) is 0 Å². The zero-order chi connectivity index (χ0) is 10.7. The largest absolute Gasteiger partial charge is 0.336 e. The summed E-state index contributed by atoms with van der Waals surface area (Å²) in [5.41, 5.74) is 0. The number of aromatic amines is 1. The lowest BCUT2D eigenvalue weighted by Crippen LogP contribution is -2.32. The highest BCUT2D eigenvalue weighted by atomic mass is 16.2. The number of carbonyl (C=O) groups excluding carboxylic acids is 1. The Balaban J connectivity index is 2.01. The van der Waals surface area contributed by atoms with Gasteiger partial charge in [0.15, 0.2) is 0 Å². The van der Waals surface area contributed by atoms with E-state index in [1.807, 2.05) is 4.90 Å². The molecule has 82 valence electrons. The Labute approximate surface area is 88.9 Å². The monoisotopic (exact) mass is 208 g/mol. The number of hydrogen-bond donors (Lipinski definition) is 1. The fourth-order valence-corrected chi connectivity index (χ4v) is 1.92. The molecule has 1 saturated heterocycles. The van der Waals surface area contributed by atoms with E-state index in [0.717, 1.165) is 31.8 Å². The maximum absolute atomic E-state index is 11.9. The number of hydrogen-bond acceptors (Lipinski definition) is 3. The molecule has 1 N–H and O–H groups in total. The van der Waals surface area contributed by atoms with Crippen molar-refractivity contribution in [1.82, 2.24) is 20.1 Å². The molecule has 1 fully saturated rings. The van der Waals surface area contributed by atoms with Crippen molar-refractivity contribution in [3.05, 3.63) is 12.2 Å². The molecule has 0 radical (unpaired) electrons. The van der Waals surface area contributed by atoms with Gasteiger partial charge >= 0.3 is 0 Å². The van der Waals surface area contributed by atoms with Crippen LogP contribution in [-0.2, 0) is 0 Å². The Morgan fingerprint density at radius 2 is 2.40 bits per heavy atom. The van der Waals surface area contributed by atoms with Crippen molar-refractivity contribution in [2.24, 2.45) is 5.92 Å². The first-order chi connectivity index (χ1) is 7.27. The Morgan fingerprint density at radius 3 is 3.13 bits per heavy atom. The van der Waals surface area contributed by atoms with E-state index >= 15 is 0 Å². The van der Waals surface area contributed by atoms with Crippen molar-refractivity contribution in [3.63, 3.8) is 0 Å². The van der Waals surface area contributed by atoms with Crippen molar-refractivity contribution in [2.75, 3.05) is 13.1 Å². The smallest absolute Gasteiger partial charge is 0.291 e. The average Bonchev–Trinajstić information content (AvgIpc) is 2.67. The highest BCUT2D eigenvalue weighted by Crippen LogP contribution is 2.17. The van der Waals surface area contributed by atoms with Crippen LogP contribution >= 0.6 is 0 Å². The number of nitrogens with zero attached hydrogens (tertiary/aromatic N) is 3. The summed E-state index contributed by atoms with van der Waals surface area (Å²) in [6.07, 6.45) is 4.74. The SMILES string of the molecule is C[C@@H]1CCCN(C(=O)c2ncn[nH]2)CC1. The summed E-state index contributed by atoms with van der Waals surface area (Å²) in [6.45, 7) is 3.91. The second-order valence-electron chi connectivity index (χ2n) is 4.16. The second-order valence-corrected chi connectivity index (χ2v) is 4.16. The normalized spacial score (nSPS) is 22.5. The van der Waals surface area contributed by atoms with Gasteiger partial charge in [0.05, 0.1) is 0 Å². The highest BCUT2D eigenvalue weighted by molar-refractivity contribution is 5.90. The van der Waals surface area contributed by atoms with Gasteiger partial charge in [0.25, 0.3) is 5.91 Å². The molecule has 5 heteroatoms. The second kappa shape index (κ2) is 4.42. The molecular formula is C10H16N4O. The van der Waals surface area contributed by atoms with Crippen molar-refractivity contribution < 1.29 is 4.79 Å². The molecule has 5 nitrogen and oxygen atoms in total. The molecule has 2 rings (SSSR count). The molecule has 1 aromatic rings. The molecular weight excluding hydrogens is 192 g/mol. The topological polar surface area (TPSA) is 61.9 Å². The number of nitrogens with one attached hydrogen (secondary N) is 1. The Bertz CT molecular complexity index is 322. The van der Waals surface area contributed by atoms with Crippen LogP contribution in [0.5, 0.6) is 0 Å². The molecule has 1 aliphatic heterocycles. The zero-order valence-corrected chi connectivity index (χ0v) is 8.94. The molecule has 0 aliphatic carbocycles. The van der Waals surface area contributed by atoms with Gasteiger partial charge in [0.1, 0.15) is 6.33 Å². The van der Waals surface area contributed by atoms with Crippen LogP contribution in [0.25, 0.3) is 0 Å². The third kappa shape index (κ3) is 2.34. The van der Waals surface area contributed by atoms with Crippen molar-refractivity contribution in [1.29, 1.82) is 0 Å². The van der Waals surface area contributed by atoms with Gasteiger partial charge in [-0.3, -0.25) is 9.89 Å². The van der Waals surface area contributed by atoms with Crippen LogP contribution < -0.4 is 0 Å². The van der Waals surface area contributed by atoms with Gasteiger partial charge in [-0.25, -0.2) is 4.98 Å². The summed E-state index contributed by atoms with van der Waals surface area (Å²) in [4.78, 5) is 17.7. The summed E-state index contributed by atoms with van der Waals surface area (Å²) in [5.74, 6) is 1.05. The van der Waals surface area contributed by atoms with Crippen LogP contribution in [0, 0.1) is 5.92 Å². The van der Waals surface area contributed by atoms with Crippen LogP contribution in [0.1, 0.15) is 36.8 Å². The molecule has 1 atom stereocenters. The lowest BCUT2D eigenvalue weighted by molar-refractivity contribution is 0.0748. The quantitative estimate of drug-likeness (QED) is 0.750. The van der Waals surface area contributed by atoms with Gasteiger partial charge in [-0.05, 0) is 25.2 Å². The van der Waals surface area contributed by atoms with E-state index in [2.05, 4.69) is 22.1 Å². The zero-order valence-electron chi connectivity index (χ0n) is 8.94. The summed E-state index contributed by atoms with van der Waals surface area (Å²) in [5, 5.41) is 6.31. The van der Waals surface area contributed by atoms with E-state index in [9.17, 15) is 4.79 Å². The molecule has 0 saturated carbocycles. The van der Waals surface area contributed by atoms with Gasteiger partial charge in [-0.1, -0.05) is 6.92 Å². The number of amides is 1. The van der Waals surface area contributed by atoms with Gasteiger partial charge in [0.2, 0.25) is 5.82 Å². The van der Waals surface area contributed by atoms with Crippen LogP contribution in [-0.4, -0.2) is 39.1 Å². The predicted octanol–water partition coefficient (Wildman–Crippen LogP) is 1.07. The minimum Gasteiger partial charge on any atom is -0.336 e. The van der Waals surface area contributed by atoms with Crippen LogP contribution in [0.3, 0.4) is 0 Å². The van der Waals surface area contributed by atoms with E-state index in [1.165, 1.54) is 12.7 Å². The third-order valence-electron chi connectivity index (χ3n) is 2.92. The summed E-state index contributed by atoms with van der Waals surface area (Å²) in [6, 6.07) is 0. The van der Waals surface area contributed by atoms with Crippen molar-refractivity contribution in [2.45, 2.75) is 26.2 Å². The van der Waals surface area contributed by atoms with E-state index < -0.39 is 0 Å². The molecule has 15 heavy (non-hydrogen) atoms. The maximum atomic E-state index is 11.9. The number of H-pyrrole nitrogens is 1. The summed E-state index contributed by atoms with van der Waals surface area (Å²) >= 11 is 0. The standard InChI is InChI=1S/C10H16N4O/c1-8-3-2-5-14(6-4-8)10(15)9-11-7-12-13-9/h7-8H,2-6H2,1H3,(H,11,12,13)/t8-/m1/s1. The Hall–Kier alpha value is -1.39. The first kappa shape index (κ1) is 10.1. The van der Waals surface area contributed by atoms with E-state index in [-0.39, 0.29) is 5.91 Å². The Morgan fingerprint density at radius 1 is 1.53 bits per heavy atom. The summed E-state index contributed by atoms with van der Waals surface area (Å²) in [7, 11) is 0. The third-order valence-corrected chi connectivity index (χ3v) is 2.92. The number of rotatable bonds is 1. The van der Waals surface area contributed by atoms with Crippen LogP contribution in [0.2, 0.25) is 0 Å². The Kier molecular flexibility index (Phi) is 2.99. The molecule has 1 amide bonds. The predicted molar refractivity (Wildman–Crippen MR) is 55.3 cm³/mol. The van der Waals surface area contributed by atoms with Crippen LogP contribution in [0.15, 0.2) is 6.33 Å². The minimum absolute atomic E-state index is 0.0263. The minimum atomic E-state index is -0.0263. The number of aromatic nitrogens is 3. The highest BCUT2D eigenvalue weighted by Gasteiger charge is 2.21. The van der Waals surface area contributed by atoms with Crippen molar-refractivity contribution >= 4 is 5.91 Å². The fourth-order valence-electron chi connectivity index (χ4n) is 1.92. The first-order valence-corrected chi connectivity index (χ1v) is 5.42. The van der Waals surface area contributed by atoms with Gasteiger partial charge < -0.3 is 4.90 Å². The van der Waals surface area contributed by atoms with Gasteiger partial charge in [0, 0.05) is 13.1 Å². The molecule has 0 unspecified atom stereocenters. The molecule has 2 heterocycles. The van der Waals surface area contributed by atoms with Crippen LogP contribution in [0.4, 0.5) is 0 Å². The van der Waals surface area contributed by atoms with Gasteiger partial charge in [-0.15, -0.1) is 0 Å². The first-order valence-electron chi connectivity index (χ1n) is 5.42. The molecule has 0 spiro atoms. The van der Waals surface area contributed by atoms with E-state index in [4.69, 9.17) is 0 Å². The summed E-state index contributed by atoms with van der Waals surface area (Å²) < 4.78 is 0. The molecule has 1 aliphatic rings. The maximum Gasteiger partial charge on any atom is 0.291 e. The number of carbonyl (C=O) groups is 1. The molecule has 0 bridgehead atoms. The molecule has 0 aromatic carbocycles. The van der Waals surface area contributed by atoms with Crippen molar-refractivity contribution in [3.8, 4) is 0 Å². The lowest BCUT2D eigenvalue weighted by Gasteiger charge is -2.18. The lowest BCUT2D eigenvalue weighted by atomic mass is 10.0. The number of likely N-dealkylation sites (tertiary alicyclic amines) is 1. The van der Waals surface area contributed by atoms with Gasteiger partial charge in [-0.2, -0.15) is 5.10 Å². The fraction of sp³-hybridized carbons (Fsp3) is 0.700. The average molecular weight is 208 g/mol. The molecule has 1 aromatic heterocycles.